The van der Waals surface area contributed by atoms with Crippen LogP contribution in [-0.2, 0) is 4.79 Å². The number of rotatable bonds is 4. The van der Waals surface area contributed by atoms with Crippen LogP contribution in [0.2, 0.25) is 0 Å². The van der Waals surface area contributed by atoms with Gasteiger partial charge >= 0.3 is 0 Å². The molecule has 0 aromatic carbocycles. The Morgan fingerprint density at radius 3 is 2.64 bits per heavy atom. The Morgan fingerprint density at radius 2 is 2.27 bits per heavy atom. The predicted octanol–water partition coefficient (Wildman–Crippen LogP) is 1.34. The summed E-state index contributed by atoms with van der Waals surface area (Å²) < 4.78 is 0. The zero-order valence-electron chi connectivity index (χ0n) is 7.18. The molecule has 1 unspecified atom stereocenters. The fourth-order valence-electron chi connectivity index (χ4n) is 1.62. The largest absolute Gasteiger partial charge is 0.324 e. The van der Waals surface area contributed by atoms with Crippen molar-refractivity contribution in [1.29, 1.82) is 0 Å². The van der Waals surface area contributed by atoms with Gasteiger partial charge in [-0.2, -0.15) is 0 Å². The van der Waals surface area contributed by atoms with E-state index in [2.05, 4.69) is 6.92 Å². The second kappa shape index (κ2) is 3.86. The first kappa shape index (κ1) is 8.72. The molecule has 0 aromatic heterocycles. The summed E-state index contributed by atoms with van der Waals surface area (Å²) >= 11 is 0. The van der Waals surface area contributed by atoms with Gasteiger partial charge in [0.2, 0.25) is 0 Å². The Kier molecular flexibility index (Phi) is 3.06. The van der Waals surface area contributed by atoms with E-state index in [4.69, 9.17) is 5.73 Å². The van der Waals surface area contributed by atoms with E-state index in [1.54, 1.807) is 0 Å². The molecule has 2 heteroatoms. The molecule has 0 aliphatic heterocycles. The van der Waals surface area contributed by atoms with Gasteiger partial charge in [0, 0.05) is 6.42 Å². The van der Waals surface area contributed by atoms with Crippen LogP contribution >= 0.6 is 0 Å². The van der Waals surface area contributed by atoms with Crippen molar-refractivity contribution in [2.45, 2.75) is 32.6 Å². The van der Waals surface area contributed by atoms with Crippen LogP contribution in [-0.4, -0.2) is 12.3 Å². The van der Waals surface area contributed by atoms with Gasteiger partial charge in [-0.1, -0.05) is 26.2 Å². The molecular weight excluding hydrogens is 138 g/mol. The van der Waals surface area contributed by atoms with Crippen molar-refractivity contribution in [1.82, 2.24) is 0 Å². The first-order valence-corrected chi connectivity index (χ1v) is 4.45. The topological polar surface area (TPSA) is 43.1 Å². The molecule has 1 aliphatic rings. The minimum Gasteiger partial charge on any atom is -0.324 e. The average Bonchev–Trinajstić information content (AvgIpc) is 1.83. The highest BCUT2D eigenvalue weighted by Gasteiger charge is 2.24. The van der Waals surface area contributed by atoms with E-state index in [0.717, 1.165) is 5.92 Å². The zero-order chi connectivity index (χ0) is 8.27. The van der Waals surface area contributed by atoms with Crippen molar-refractivity contribution in [3.05, 3.63) is 0 Å². The van der Waals surface area contributed by atoms with Gasteiger partial charge in [-0.05, 0) is 11.8 Å². The lowest BCUT2D eigenvalue weighted by Gasteiger charge is -2.30. The number of carbonyl (C=O) groups is 1. The minimum atomic E-state index is 0.212. The van der Waals surface area contributed by atoms with Crippen molar-refractivity contribution in [2.75, 3.05) is 6.54 Å². The summed E-state index contributed by atoms with van der Waals surface area (Å²) in [5.74, 6) is 1.59. The van der Waals surface area contributed by atoms with Gasteiger partial charge < -0.3 is 5.73 Å². The van der Waals surface area contributed by atoms with Gasteiger partial charge in [0.05, 0.1) is 6.54 Å². The van der Waals surface area contributed by atoms with Crippen LogP contribution in [0, 0.1) is 11.8 Å². The highest BCUT2D eigenvalue weighted by atomic mass is 16.1. The summed E-state index contributed by atoms with van der Waals surface area (Å²) in [7, 11) is 0. The van der Waals surface area contributed by atoms with Gasteiger partial charge in [0.15, 0.2) is 0 Å². The summed E-state index contributed by atoms with van der Waals surface area (Å²) in [5, 5.41) is 0. The lowest BCUT2D eigenvalue weighted by molar-refractivity contribution is -0.119. The molecular formula is C9H17NO. The van der Waals surface area contributed by atoms with Crippen molar-refractivity contribution < 1.29 is 4.79 Å². The maximum Gasteiger partial charge on any atom is 0.146 e. The van der Waals surface area contributed by atoms with Crippen molar-refractivity contribution >= 4 is 5.78 Å². The molecule has 2 nitrogen and oxygen atoms in total. The van der Waals surface area contributed by atoms with Gasteiger partial charge in [-0.3, -0.25) is 4.79 Å². The molecule has 0 heterocycles. The first-order chi connectivity index (χ1) is 5.24. The standard InChI is InChI=1S/C9H17NO/c1-7(5-9(11)6-10)8-3-2-4-8/h7-8H,2-6,10H2,1H3. The molecule has 2 N–H and O–H groups in total. The lowest BCUT2D eigenvalue weighted by atomic mass is 9.75. The zero-order valence-corrected chi connectivity index (χ0v) is 7.18. The van der Waals surface area contributed by atoms with E-state index in [9.17, 15) is 4.79 Å². The number of carbonyl (C=O) groups excluding carboxylic acids is 1. The second-order valence-corrected chi connectivity index (χ2v) is 3.62. The van der Waals surface area contributed by atoms with Gasteiger partial charge in [-0.15, -0.1) is 0 Å². The third kappa shape index (κ3) is 2.29. The molecule has 1 atom stereocenters. The van der Waals surface area contributed by atoms with E-state index < -0.39 is 0 Å². The van der Waals surface area contributed by atoms with Crippen molar-refractivity contribution in [3.63, 3.8) is 0 Å². The maximum absolute atomic E-state index is 10.9. The first-order valence-electron chi connectivity index (χ1n) is 4.45. The minimum absolute atomic E-state index is 0.212. The SMILES string of the molecule is CC(CC(=O)CN)C1CCC1. The predicted molar refractivity (Wildman–Crippen MR) is 45.2 cm³/mol. The summed E-state index contributed by atoms with van der Waals surface area (Å²) in [6.07, 6.45) is 4.69. The van der Waals surface area contributed by atoms with Gasteiger partial charge in [0.25, 0.3) is 0 Å². The Labute approximate surface area is 68.2 Å². The van der Waals surface area contributed by atoms with E-state index >= 15 is 0 Å². The van der Waals surface area contributed by atoms with Crippen LogP contribution in [0.4, 0.5) is 0 Å². The fourth-order valence-corrected chi connectivity index (χ4v) is 1.62. The van der Waals surface area contributed by atoms with Crippen LogP contribution < -0.4 is 5.73 Å². The molecule has 0 bridgehead atoms. The monoisotopic (exact) mass is 155 g/mol. The van der Waals surface area contributed by atoms with Gasteiger partial charge in [-0.25, -0.2) is 0 Å². The Balaban J connectivity index is 2.19. The second-order valence-electron chi connectivity index (χ2n) is 3.62. The number of Topliss-reactive ketones (excluding diaryl/α,β-unsaturated/α-hetero) is 1. The molecule has 1 fully saturated rings. The van der Waals surface area contributed by atoms with Crippen molar-refractivity contribution in [2.24, 2.45) is 17.6 Å². The van der Waals surface area contributed by atoms with Crippen molar-refractivity contribution in [3.8, 4) is 0 Å². The highest BCUT2D eigenvalue weighted by Crippen LogP contribution is 2.34. The maximum atomic E-state index is 10.9. The van der Waals surface area contributed by atoms with E-state index in [1.165, 1.54) is 19.3 Å². The molecule has 0 amide bonds. The Morgan fingerprint density at radius 1 is 1.64 bits per heavy atom. The molecule has 0 radical (unpaired) electrons. The molecule has 1 rings (SSSR count). The van der Waals surface area contributed by atoms with Crippen LogP contribution in [0.3, 0.4) is 0 Å². The van der Waals surface area contributed by atoms with Crippen LogP contribution in [0.25, 0.3) is 0 Å². The summed E-state index contributed by atoms with van der Waals surface area (Å²) in [6.45, 7) is 2.38. The van der Waals surface area contributed by atoms with E-state index in [1.807, 2.05) is 0 Å². The molecule has 1 saturated carbocycles. The molecule has 0 spiro atoms. The number of hydrogen-bond acceptors (Lipinski definition) is 2. The molecule has 0 aromatic rings. The lowest BCUT2D eigenvalue weighted by Crippen LogP contribution is -2.24. The summed E-state index contributed by atoms with van der Waals surface area (Å²) in [5.41, 5.74) is 5.23. The summed E-state index contributed by atoms with van der Waals surface area (Å²) in [6, 6.07) is 0. The van der Waals surface area contributed by atoms with Gasteiger partial charge in [0.1, 0.15) is 5.78 Å². The summed E-state index contributed by atoms with van der Waals surface area (Å²) in [4.78, 5) is 10.9. The number of ketones is 1. The van der Waals surface area contributed by atoms with Crippen LogP contribution in [0.15, 0.2) is 0 Å². The normalized spacial score (nSPS) is 20.9. The van der Waals surface area contributed by atoms with Crippen LogP contribution in [0.5, 0.6) is 0 Å². The average molecular weight is 155 g/mol. The van der Waals surface area contributed by atoms with E-state index in [-0.39, 0.29) is 12.3 Å². The fraction of sp³-hybridized carbons (Fsp3) is 0.889. The molecule has 1 aliphatic carbocycles. The quantitative estimate of drug-likeness (QED) is 0.665. The third-order valence-electron chi connectivity index (χ3n) is 2.73. The molecule has 64 valence electrons. The Hall–Kier alpha value is -0.370. The Bertz CT molecular complexity index is 140. The number of nitrogens with two attached hydrogens (primary N) is 1. The van der Waals surface area contributed by atoms with E-state index in [0.29, 0.717) is 12.3 Å². The highest BCUT2D eigenvalue weighted by molar-refractivity contribution is 5.80. The van der Waals surface area contributed by atoms with Crippen LogP contribution in [0.1, 0.15) is 32.6 Å². The number of hydrogen-bond donors (Lipinski definition) is 1. The molecule has 0 saturated heterocycles. The molecule has 11 heavy (non-hydrogen) atoms. The smallest absolute Gasteiger partial charge is 0.146 e. The third-order valence-corrected chi connectivity index (χ3v) is 2.73.